The van der Waals surface area contributed by atoms with Gasteiger partial charge in [0.1, 0.15) is 11.3 Å². The molecular weight excluding hydrogens is 320 g/mol. The first kappa shape index (κ1) is 15.7. The second kappa shape index (κ2) is 6.33. The third-order valence-corrected chi connectivity index (χ3v) is 5.81. The van der Waals surface area contributed by atoms with E-state index in [9.17, 15) is 0 Å². The van der Waals surface area contributed by atoms with E-state index < -0.39 is 0 Å². The van der Waals surface area contributed by atoms with Crippen molar-refractivity contribution in [1.82, 2.24) is 9.88 Å². The van der Waals surface area contributed by atoms with Crippen molar-refractivity contribution in [3.63, 3.8) is 0 Å². The molecule has 0 aliphatic carbocycles. The Morgan fingerprint density at radius 2 is 2.12 bits per heavy atom. The van der Waals surface area contributed by atoms with Gasteiger partial charge in [-0.15, -0.1) is 0 Å². The molecule has 2 aromatic carbocycles. The number of benzene rings is 2. The highest BCUT2D eigenvalue weighted by Gasteiger charge is 2.20. The summed E-state index contributed by atoms with van der Waals surface area (Å²) < 4.78 is 6.09. The molecule has 2 aromatic heterocycles. The average Bonchev–Trinajstić information content (AvgIpc) is 3.38. The summed E-state index contributed by atoms with van der Waals surface area (Å²) in [4.78, 5) is 5.87. The van der Waals surface area contributed by atoms with E-state index in [1.54, 1.807) is 0 Å². The van der Waals surface area contributed by atoms with Gasteiger partial charge in [-0.1, -0.05) is 18.2 Å². The smallest absolute Gasteiger partial charge is 0.134 e. The molecule has 3 heteroatoms. The number of rotatable bonds is 4. The van der Waals surface area contributed by atoms with Crippen LogP contribution in [0.15, 0.2) is 59.1 Å². The van der Waals surface area contributed by atoms with Crippen LogP contribution >= 0.6 is 0 Å². The minimum atomic E-state index is 0.716. The van der Waals surface area contributed by atoms with E-state index >= 15 is 0 Å². The van der Waals surface area contributed by atoms with Crippen molar-refractivity contribution in [1.29, 1.82) is 0 Å². The van der Waals surface area contributed by atoms with E-state index in [1.807, 2.05) is 6.20 Å². The molecule has 1 fully saturated rings. The van der Waals surface area contributed by atoms with Crippen LogP contribution in [0.5, 0.6) is 0 Å². The fourth-order valence-corrected chi connectivity index (χ4v) is 4.30. The van der Waals surface area contributed by atoms with Crippen molar-refractivity contribution in [3.05, 3.63) is 60.5 Å². The number of hydrogen-bond donors (Lipinski definition) is 1. The second-order valence-electron chi connectivity index (χ2n) is 7.49. The SMILES string of the molecule is C[C@@H]1CCCN1CCc1cc2cc(-c3cccc4[nH]ccc34)ccc2o1. The molecular formula is C23H24N2O. The van der Waals surface area contributed by atoms with Gasteiger partial charge >= 0.3 is 0 Å². The fourth-order valence-electron chi connectivity index (χ4n) is 4.30. The second-order valence-corrected chi connectivity index (χ2v) is 7.49. The summed E-state index contributed by atoms with van der Waals surface area (Å²) in [6.07, 6.45) is 5.65. The highest BCUT2D eigenvalue weighted by Crippen LogP contribution is 2.31. The number of likely N-dealkylation sites (tertiary alicyclic amines) is 1. The zero-order valence-corrected chi connectivity index (χ0v) is 15.2. The first-order valence-corrected chi connectivity index (χ1v) is 9.61. The summed E-state index contributed by atoms with van der Waals surface area (Å²) in [6.45, 7) is 4.66. The highest BCUT2D eigenvalue weighted by molar-refractivity contribution is 5.97. The maximum atomic E-state index is 6.09. The molecule has 1 saturated heterocycles. The lowest BCUT2D eigenvalue weighted by Gasteiger charge is -2.19. The Morgan fingerprint density at radius 1 is 1.15 bits per heavy atom. The zero-order valence-electron chi connectivity index (χ0n) is 15.2. The predicted molar refractivity (Wildman–Crippen MR) is 107 cm³/mol. The number of fused-ring (bicyclic) bond motifs is 2. The Kier molecular flexibility index (Phi) is 3.83. The molecule has 0 amide bonds. The number of hydrogen-bond acceptors (Lipinski definition) is 2. The van der Waals surface area contributed by atoms with Crippen molar-refractivity contribution < 1.29 is 4.42 Å². The lowest BCUT2D eigenvalue weighted by Crippen LogP contribution is -2.28. The van der Waals surface area contributed by atoms with Crippen molar-refractivity contribution in [2.75, 3.05) is 13.1 Å². The molecule has 1 aliphatic heterocycles. The standard InChI is InChI=1S/C23H24N2O/c1-16-4-3-12-25(16)13-10-19-15-18-14-17(7-8-23(18)26-19)20-5-2-6-22-21(20)9-11-24-22/h2,5-9,11,14-16,24H,3-4,10,12-13H2,1H3/t16-/m1/s1. The quantitative estimate of drug-likeness (QED) is 0.522. The van der Waals surface area contributed by atoms with Crippen LogP contribution in [0.1, 0.15) is 25.5 Å². The van der Waals surface area contributed by atoms with Gasteiger partial charge in [0.15, 0.2) is 0 Å². The lowest BCUT2D eigenvalue weighted by atomic mass is 10.0. The van der Waals surface area contributed by atoms with E-state index in [0.717, 1.165) is 24.3 Å². The first-order chi connectivity index (χ1) is 12.8. The topological polar surface area (TPSA) is 32.2 Å². The number of aromatic nitrogens is 1. The van der Waals surface area contributed by atoms with Gasteiger partial charge in [-0.05, 0) is 67.8 Å². The Labute approximate surface area is 153 Å². The Morgan fingerprint density at radius 3 is 3.00 bits per heavy atom. The number of furan rings is 1. The zero-order chi connectivity index (χ0) is 17.5. The monoisotopic (exact) mass is 344 g/mol. The summed E-state index contributed by atoms with van der Waals surface area (Å²) in [5, 5.41) is 2.46. The van der Waals surface area contributed by atoms with Gasteiger partial charge in [-0.3, -0.25) is 0 Å². The minimum absolute atomic E-state index is 0.716. The molecule has 3 heterocycles. The van der Waals surface area contributed by atoms with Gasteiger partial charge in [0.2, 0.25) is 0 Å². The van der Waals surface area contributed by atoms with Crippen LogP contribution in [-0.4, -0.2) is 29.0 Å². The average molecular weight is 344 g/mol. The van der Waals surface area contributed by atoms with Gasteiger partial charge in [0.25, 0.3) is 0 Å². The lowest BCUT2D eigenvalue weighted by molar-refractivity contribution is 0.266. The molecule has 1 atom stereocenters. The van der Waals surface area contributed by atoms with Gasteiger partial charge in [0, 0.05) is 41.5 Å². The molecule has 0 unspecified atom stereocenters. The van der Waals surface area contributed by atoms with Gasteiger partial charge in [-0.25, -0.2) is 0 Å². The Bertz CT molecular complexity index is 1060. The van der Waals surface area contributed by atoms with E-state index in [-0.39, 0.29) is 0 Å². The molecule has 1 N–H and O–H groups in total. The summed E-state index contributed by atoms with van der Waals surface area (Å²) in [7, 11) is 0. The summed E-state index contributed by atoms with van der Waals surface area (Å²) >= 11 is 0. The van der Waals surface area contributed by atoms with Gasteiger partial charge < -0.3 is 14.3 Å². The van der Waals surface area contributed by atoms with E-state index in [2.05, 4.69) is 65.3 Å². The van der Waals surface area contributed by atoms with Crippen LogP contribution in [0, 0.1) is 0 Å². The van der Waals surface area contributed by atoms with Crippen LogP contribution in [0.3, 0.4) is 0 Å². The summed E-state index contributed by atoms with van der Waals surface area (Å²) in [5.74, 6) is 1.09. The number of H-pyrrole nitrogens is 1. The predicted octanol–water partition coefficient (Wildman–Crippen LogP) is 5.61. The van der Waals surface area contributed by atoms with E-state index in [0.29, 0.717) is 6.04 Å². The Balaban J connectivity index is 1.44. The number of aromatic amines is 1. The van der Waals surface area contributed by atoms with Crippen LogP contribution < -0.4 is 0 Å². The maximum Gasteiger partial charge on any atom is 0.134 e. The molecule has 132 valence electrons. The number of nitrogens with zero attached hydrogens (tertiary/aromatic N) is 1. The van der Waals surface area contributed by atoms with Gasteiger partial charge in [0.05, 0.1) is 0 Å². The minimum Gasteiger partial charge on any atom is -0.461 e. The molecule has 26 heavy (non-hydrogen) atoms. The van der Waals surface area contributed by atoms with Crippen LogP contribution in [0.25, 0.3) is 33.0 Å². The summed E-state index contributed by atoms with van der Waals surface area (Å²) in [5.41, 5.74) is 4.66. The molecule has 0 spiro atoms. The van der Waals surface area contributed by atoms with Gasteiger partial charge in [-0.2, -0.15) is 0 Å². The van der Waals surface area contributed by atoms with Crippen molar-refractivity contribution in [2.24, 2.45) is 0 Å². The molecule has 1 aliphatic rings. The van der Waals surface area contributed by atoms with Crippen LogP contribution in [0.4, 0.5) is 0 Å². The van der Waals surface area contributed by atoms with Crippen LogP contribution in [0.2, 0.25) is 0 Å². The fraction of sp³-hybridized carbons (Fsp3) is 0.304. The van der Waals surface area contributed by atoms with E-state index in [1.165, 1.54) is 46.8 Å². The number of nitrogens with one attached hydrogen (secondary N) is 1. The largest absolute Gasteiger partial charge is 0.461 e. The van der Waals surface area contributed by atoms with E-state index in [4.69, 9.17) is 4.42 Å². The molecule has 5 rings (SSSR count). The summed E-state index contributed by atoms with van der Waals surface area (Å²) in [6, 6.07) is 18.0. The van der Waals surface area contributed by atoms with Crippen molar-refractivity contribution in [3.8, 4) is 11.1 Å². The molecule has 0 saturated carbocycles. The van der Waals surface area contributed by atoms with Crippen LogP contribution in [-0.2, 0) is 6.42 Å². The molecule has 0 bridgehead atoms. The first-order valence-electron chi connectivity index (χ1n) is 9.61. The normalized spacial score (nSPS) is 18.3. The molecule has 0 radical (unpaired) electrons. The third kappa shape index (κ3) is 2.73. The molecule has 4 aromatic rings. The Hall–Kier alpha value is -2.52. The third-order valence-electron chi connectivity index (χ3n) is 5.81. The van der Waals surface area contributed by atoms with Crippen molar-refractivity contribution >= 4 is 21.9 Å². The highest BCUT2D eigenvalue weighted by atomic mass is 16.3. The molecule has 3 nitrogen and oxygen atoms in total. The van der Waals surface area contributed by atoms with Crippen molar-refractivity contribution in [2.45, 2.75) is 32.2 Å². The maximum absolute atomic E-state index is 6.09.